The predicted octanol–water partition coefficient (Wildman–Crippen LogP) is 3.78. The minimum Gasteiger partial charge on any atom is -0.372 e. The summed E-state index contributed by atoms with van der Waals surface area (Å²) in [6, 6.07) is 17.1. The highest BCUT2D eigenvalue weighted by molar-refractivity contribution is 5.98. The van der Waals surface area contributed by atoms with Crippen LogP contribution in [0.1, 0.15) is 43.1 Å². The Bertz CT molecular complexity index is 790. The minimum absolute atomic E-state index is 0.000530. The topological polar surface area (TPSA) is 61.4 Å². The lowest BCUT2D eigenvalue weighted by Gasteiger charge is -2.24. The molecule has 0 bridgehead atoms. The summed E-state index contributed by atoms with van der Waals surface area (Å²) in [5, 5.41) is 5.88. The summed E-state index contributed by atoms with van der Waals surface area (Å²) in [5.74, 6) is -0.345. The number of nitrogens with one attached hydrogen (secondary N) is 2. The van der Waals surface area contributed by atoms with Crippen molar-refractivity contribution in [2.24, 2.45) is 5.92 Å². The monoisotopic (exact) mass is 395 g/mol. The van der Waals surface area contributed by atoms with Gasteiger partial charge in [-0.2, -0.15) is 0 Å². The fourth-order valence-electron chi connectivity index (χ4n) is 3.28. The molecule has 0 aliphatic carbocycles. The second-order valence-electron chi connectivity index (χ2n) is 7.57. The number of para-hydroxylation sites is 1. The van der Waals surface area contributed by atoms with Crippen molar-refractivity contribution in [3.63, 3.8) is 0 Å². The van der Waals surface area contributed by atoms with E-state index in [0.717, 1.165) is 25.1 Å². The zero-order valence-corrected chi connectivity index (χ0v) is 17.9. The van der Waals surface area contributed by atoms with Crippen molar-refractivity contribution in [2.45, 2.75) is 40.2 Å². The van der Waals surface area contributed by atoms with Crippen molar-refractivity contribution in [1.29, 1.82) is 0 Å². The first kappa shape index (κ1) is 22.5. The normalized spacial score (nSPS) is 11.8. The number of rotatable bonds is 10. The number of anilines is 1. The van der Waals surface area contributed by atoms with Crippen molar-refractivity contribution < 1.29 is 9.59 Å². The molecular formula is C24H33N3O2. The van der Waals surface area contributed by atoms with Crippen molar-refractivity contribution >= 4 is 17.5 Å². The summed E-state index contributed by atoms with van der Waals surface area (Å²) in [6.07, 6.45) is 0.838. The fourth-order valence-corrected chi connectivity index (χ4v) is 3.28. The lowest BCUT2D eigenvalue weighted by atomic mass is 10.0. The number of carbonyl (C=O) groups is 2. The van der Waals surface area contributed by atoms with Gasteiger partial charge in [0, 0.05) is 30.9 Å². The average molecular weight is 396 g/mol. The minimum atomic E-state index is -0.557. The third-order valence-electron chi connectivity index (χ3n) is 5.03. The van der Waals surface area contributed by atoms with Crippen LogP contribution >= 0.6 is 0 Å². The van der Waals surface area contributed by atoms with Crippen LogP contribution < -0.4 is 15.5 Å². The second kappa shape index (κ2) is 11.2. The Labute approximate surface area is 174 Å². The highest BCUT2D eigenvalue weighted by Crippen LogP contribution is 2.13. The summed E-state index contributed by atoms with van der Waals surface area (Å²) >= 11 is 0. The third kappa shape index (κ3) is 6.63. The molecule has 0 aliphatic rings. The van der Waals surface area contributed by atoms with Crippen LogP contribution in [0.4, 0.5) is 5.69 Å². The molecule has 2 aromatic rings. The van der Waals surface area contributed by atoms with E-state index in [1.54, 1.807) is 6.07 Å². The standard InChI is InChI=1S/C24H33N3O2/c1-5-27(20-13-7-6-8-14-20)17-11-16-25-24(29)22(18(2)3)26-23(28)21-15-10-9-12-19(21)4/h6-10,12-15,18,22H,5,11,16-17H2,1-4H3,(H,25,29)(H,26,28)/t22-/m0/s1. The van der Waals surface area contributed by atoms with Crippen LogP contribution in [0.25, 0.3) is 0 Å². The van der Waals surface area contributed by atoms with Gasteiger partial charge in [0.2, 0.25) is 5.91 Å². The summed E-state index contributed by atoms with van der Waals surface area (Å²) < 4.78 is 0. The summed E-state index contributed by atoms with van der Waals surface area (Å²) in [4.78, 5) is 27.6. The molecule has 1 atom stereocenters. The van der Waals surface area contributed by atoms with Crippen molar-refractivity contribution in [2.75, 3.05) is 24.5 Å². The largest absolute Gasteiger partial charge is 0.372 e. The lowest BCUT2D eigenvalue weighted by Crippen LogP contribution is -2.50. The Hall–Kier alpha value is -2.82. The molecule has 0 fully saturated rings. The molecular weight excluding hydrogens is 362 g/mol. The molecule has 29 heavy (non-hydrogen) atoms. The molecule has 5 nitrogen and oxygen atoms in total. The molecule has 0 radical (unpaired) electrons. The first-order chi connectivity index (χ1) is 13.9. The summed E-state index contributed by atoms with van der Waals surface area (Å²) in [5.41, 5.74) is 2.69. The van der Waals surface area contributed by atoms with Gasteiger partial charge in [-0.15, -0.1) is 0 Å². The van der Waals surface area contributed by atoms with Gasteiger partial charge in [0.1, 0.15) is 6.04 Å². The lowest BCUT2D eigenvalue weighted by molar-refractivity contribution is -0.123. The Kier molecular flexibility index (Phi) is 8.71. The first-order valence-corrected chi connectivity index (χ1v) is 10.4. The molecule has 0 aromatic heterocycles. The number of nitrogens with zero attached hydrogens (tertiary/aromatic N) is 1. The molecule has 0 aliphatic heterocycles. The summed E-state index contributed by atoms with van der Waals surface area (Å²) in [7, 11) is 0. The first-order valence-electron chi connectivity index (χ1n) is 10.4. The molecule has 2 amide bonds. The maximum Gasteiger partial charge on any atom is 0.252 e. The van der Waals surface area contributed by atoms with E-state index in [-0.39, 0.29) is 17.7 Å². The highest BCUT2D eigenvalue weighted by Gasteiger charge is 2.24. The number of benzene rings is 2. The van der Waals surface area contributed by atoms with E-state index in [9.17, 15) is 9.59 Å². The number of hydrogen-bond donors (Lipinski definition) is 2. The number of hydrogen-bond acceptors (Lipinski definition) is 3. The molecule has 0 saturated carbocycles. The SMILES string of the molecule is CCN(CCCNC(=O)[C@@H](NC(=O)c1ccccc1C)C(C)C)c1ccccc1. The van der Waals surface area contributed by atoms with Gasteiger partial charge in [-0.25, -0.2) is 0 Å². The number of carbonyl (C=O) groups excluding carboxylic acids is 2. The molecule has 5 heteroatoms. The molecule has 2 rings (SSSR count). The van der Waals surface area contributed by atoms with Gasteiger partial charge in [0.05, 0.1) is 0 Å². The molecule has 2 aromatic carbocycles. The second-order valence-corrected chi connectivity index (χ2v) is 7.57. The summed E-state index contributed by atoms with van der Waals surface area (Å²) in [6.45, 7) is 10.3. The van der Waals surface area contributed by atoms with E-state index in [2.05, 4.69) is 34.6 Å². The smallest absolute Gasteiger partial charge is 0.252 e. The number of aryl methyl sites for hydroxylation is 1. The maximum atomic E-state index is 12.7. The van der Waals surface area contributed by atoms with Crippen LogP contribution in [-0.2, 0) is 4.79 Å². The van der Waals surface area contributed by atoms with Crippen LogP contribution in [-0.4, -0.2) is 37.5 Å². The number of amides is 2. The zero-order chi connectivity index (χ0) is 21.2. The Morgan fingerprint density at radius 1 is 1.00 bits per heavy atom. The fraction of sp³-hybridized carbons (Fsp3) is 0.417. The Morgan fingerprint density at radius 3 is 2.28 bits per heavy atom. The van der Waals surface area contributed by atoms with Gasteiger partial charge < -0.3 is 15.5 Å². The quantitative estimate of drug-likeness (QED) is 0.602. The van der Waals surface area contributed by atoms with Crippen LogP contribution in [0.2, 0.25) is 0 Å². The van der Waals surface area contributed by atoms with E-state index < -0.39 is 6.04 Å². The molecule has 156 valence electrons. The molecule has 0 unspecified atom stereocenters. The van der Waals surface area contributed by atoms with Crippen LogP contribution in [0.5, 0.6) is 0 Å². The predicted molar refractivity (Wildman–Crippen MR) is 119 cm³/mol. The average Bonchev–Trinajstić information content (AvgIpc) is 2.72. The van der Waals surface area contributed by atoms with Gasteiger partial charge in [-0.05, 0) is 49.9 Å². The maximum absolute atomic E-state index is 12.7. The highest BCUT2D eigenvalue weighted by atomic mass is 16.2. The van der Waals surface area contributed by atoms with Crippen molar-refractivity contribution in [1.82, 2.24) is 10.6 Å². The zero-order valence-electron chi connectivity index (χ0n) is 17.9. The van der Waals surface area contributed by atoms with E-state index in [0.29, 0.717) is 12.1 Å². The van der Waals surface area contributed by atoms with Crippen LogP contribution in [0, 0.1) is 12.8 Å². The van der Waals surface area contributed by atoms with Crippen molar-refractivity contribution in [3.05, 3.63) is 65.7 Å². The van der Waals surface area contributed by atoms with E-state index in [1.165, 1.54) is 5.69 Å². The van der Waals surface area contributed by atoms with E-state index in [1.807, 2.05) is 57.2 Å². The molecule has 0 heterocycles. The Morgan fingerprint density at radius 2 is 1.66 bits per heavy atom. The van der Waals surface area contributed by atoms with Crippen molar-refractivity contribution in [3.8, 4) is 0 Å². The van der Waals surface area contributed by atoms with E-state index in [4.69, 9.17) is 0 Å². The van der Waals surface area contributed by atoms with Gasteiger partial charge >= 0.3 is 0 Å². The van der Waals surface area contributed by atoms with Gasteiger partial charge in [-0.1, -0.05) is 50.2 Å². The molecule has 2 N–H and O–H groups in total. The molecule has 0 spiro atoms. The van der Waals surface area contributed by atoms with Gasteiger partial charge in [-0.3, -0.25) is 9.59 Å². The van der Waals surface area contributed by atoms with Gasteiger partial charge in [0.15, 0.2) is 0 Å². The molecule has 0 saturated heterocycles. The van der Waals surface area contributed by atoms with Gasteiger partial charge in [0.25, 0.3) is 5.91 Å². The van der Waals surface area contributed by atoms with Crippen LogP contribution in [0.3, 0.4) is 0 Å². The van der Waals surface area contributed by atoms with E-state index >= 15 is 0 Å². The Balaban J connectivity index is 1.86. The van der Waals surface area contributed by atoms with Crippen LogP contribution in [0.15, 0.2) is 54.6 Å². The third-order valence-corrected chi connectivity index (χ3v) is 5.03.